The number of hydrogen-bond acceptors (Lipinski definition) is 6. The fourth-order valence-corrected chi connectivity index (χ4v) is 5.15. The van der Waals surface area contributed by atoms with Crippen molar-refractivity contribution in [3.63, 3.8) is 0 Å². The topological polar surface area (TPSA) is 72.9 Å². The van der Waals surface area contributed by atoms with Crippen LogP contribution in [0.5, 0.6) is 11.5 Å². The lowest BCUT2D eigenvalue weighted by Gasteiger charge is -2.14. The molecule has 1 saturated heterocycles. The summed E-state index contributed by atoms with van der Waals surface area (Å²) in [6, 6.07) is 19.2. The molecule has 0 bridgehead atoms. The zero-order valence-corrected chi connectivity index (χ0v) is 22.2. The molecule has 2 amide bonds. The number of nitrogens with zero attached hydrogens (tertiary/aromatic N) is 1. The lowest BCUT2D eigenvalue weighted by Crippen LogP contribution is -2.27. The zero-order chi connectivity index (χ0) is 24.9. The molecular weight excluding hydrogens is 601 g/mol. The van der Waals surface area contributed by atoms with Gasteiger partial charge < -0.3 is 9.47 Å². The van der Waals surface area contributed by atoms with Gasteiger partial charge in [0.25, 0.3) is 11.1 Å². The molecule has 0 aromatic heterocycles. The minimum Gasteiger partial charge on any atom is -0.490 e. The first-order chi connectivity index (χ1) is 16.9. The Balaban J connectivity index is 1.59. The highest BCUT2D eigenvalue weighted by Crippen LogP contribution is 2.38. The van der Waals surface area contributed by atoms with Gasteiger partial charge in [0, 0.05) is 5.02 Å². The second kappa shape index (κ2) is 11.3. The van der Waals surface area contributed by atoms with Crippen molar-refractivity contribution in [3.05, 3.63) is 96.9 Å². The number of esters is 1. The lowest BCUT2D eigenvalue weighted by molar-refractivity contribution is -0.123. The summed E-state index contributed by atoms with van der Waals surface area (Å²) in [5, 5.41) is 0.186. The van der Waals surface area contributed by atoms with Crippen molar-refractivity contribution >= 4 is 69.1 Å². The fourth-order valence-electron chi connectivity index (χ4n) is 3.36. The van der Waals surface area contributed by atoms with Crippen LogP contribution in [-0.4, -0.2) is 28.6 Å². The van der Waals surface area contributed by atoms with Gasteiger partial charge in [0.15, 0.2) is 11.5 Å². The molecule has 0 radical (unpaired) electrons. The van der Waals surface area contributed by atoms with Crippen LogP contribution in [0.4, 0.5) is 4.79 Å². The van der Waals surface area contributed by atoms with Crippen LogP contribution in [0.25, 0.3) is 6.08 Å². The Morgan fingerprint density at radius 3 is 2.57 bits per heavy atom. The van der Waals surface area contributed by atoms with Crippen molar-refractivity contribution < 1.29 is 23.9 Å². The summed E-state index contributed by atoms with van der Waals surface area (Å²) in [6.07, 6.45) is 1.64. The number of hydrogen-bond donors (Lipinski definition) is 0. The molecule has 3 aromatic rings. The number of amides is 2. The van der Waals surface area contributed by atoms with Crippen LogP contribution >= 0.6 is 46.0 Å². The maximum Gasteiger partial charge on any atom is 0.343 e. The normalized spacial score (nSPS) is 14.5. The first kappa shape index (κ1) is 25.3. The van der Waals surface area contributed by atoms with E-state index in [9.17, 15) is 14.4 Å². The summed E-state index contributed by atoms with van der Waals surface area (Å²) >= 11 is 8.95. The number of halogens is 2. The van der Waals surface area contributed by atoms with E-state index in [1.54, 1.807) is 60.7 Å². The third-order valence-electron chi connectivity index (χ3n) is 4.94. The maximum atomic E-state index is 13.0. The van der Waals surface area contributed by atoms with Crippen LogP contribution in [-0.2, 0) is 11.3 Å². The Labute approximate surface area is 225 Å². The molecule has 1 aliphatic heterocycles. The molecule has 0 unspecified atom stereocenters. The Hall–Kier alpha value is -2.82. The SMILES string of the molecule is CCOc1cc(/C=C2\SC(=O)N(Cc3cccc(Cl)c3)C2=O)cc(I)c1OC(=O)c1ccccc1. The highest BCUT2D eigenvalue weighted by Gasteiger charge is 2.35. The molecule has 0 N–H and O–H groups in total. The van der Waals surface area contributed by atoms with E-state index in [0.717, 1.165) is 17.3 Å². The Kier molecular flexibility index (Phi) is 8.15. The average Bonchev–Trinajstić information content (AvgIpc) is 3.09. The summed E-state index contributed by atoms with van der Waals surface area (Å²) in [5.74, 6) is -0.215. The largest absolute Gasteiger partial charge is 0.490 e. The summed E-state index contributed by atoms with van der Waals surface area (Å²) in [6.45, 7) is 2.31. The van der Waals surface area contributed by atoms with E-state index in [2.05, 4.69) is 22.6 Å². The van der Waals surface area contributed by atoms with Gasteiger partial charge >= 0.3 is 5.97 Å². The van der Waals surface area contributed by atoms with E-state index >= 15 is 0 Å². The number of ether oxygens (including phenoxy) is 2. The van der Waals surface area contributed by atoms with Gasteiger partial charge in [-0.2, -0.15) is 0 Å². The fraction of sp³-hybridized carbons (Fsp3) is 0.115. The van der Waals surface area contributed by atoms with Gasteiger partial charge in [0.1, 0.15) is 0 Å². The Morgan fingerprint density at radius 1 is 1.09 bits per heavy atom. The van der Waals surface area contributed by atoms with Crippen molar-refractivity contribution in [1.82, 2.24) is 4.90 Å². The lowest BCUT2D eigenvalue weighted by atomic mass is 10.1. The molecular formula is C26H19ClINO5S. The monoisotopic (exact) mass is 619 g/mol. The Bertz CT molecular complexity index is 1330. The molecule has 1 heterocycles. The number of carbonyl (C=O) groups excluding carboxylic acids is 3. The first-order valence-corrected chi connectivity index (χ1v) is 12.9. The molecule has 35 heavy (non-hydrogen) atoms. The van der Waals surface area contributed by atoms with Gasteiger partial charge in [-0.15, -0.1) is 0 Å². The molecule has 178 valence electrons. The molecule has 1 aliphatic rings. The van der Waals surface area contributed by atoms with Crippen molar-refractivity contribution in [2.45, 2.75) is 13.5 Å². The predicted molar refractivity (Wildman–Crippen MR) is 145 cm³/mol. The van der Waals surface area contributed by atoms with Crippen LogP contribution < -0.4 is 9.47 Å². The van der Waals surface area contributed by atoms with Crippen molar-refractivity contribution in [2.75, 3.05) is 6.61 Å². The highest BCUT2D eigenvalue weighted by molar-refractivity contribution is 14.1. The Morgan fingerprint density at radius 2 is 1.86 bits per heavy atom. The van der Waals surface area contributed by atoms with E-state index in [-0.39, 0.29) is 17.7 Å². The minimum atomic E-state index is -0.501. The van der Waals surface area contributed by atoms with E-state index in [0.29, 0.717) is 42.7 Å². The second-order valence-corrected chi connectivity index (χ2v) is 10.0. The van der Waals surface area contributed by atoms with Gasteiger partial charge in [-0.05, 0) is 94.9 Å². The van der Waals surface area contributed by atoms with Crippen molar-refractivity contribution in [3.8, 4) is 11.5 Å². The number of benzene rings is 3. The molecule has 0 spiro atoms. The van der Waals surface area contributed by atoms with E-state index in [1.165, 1.54) is 4.90 Å². The average molecular weight is 620 g/mol. The van der Waals surface area contributed by atoms with E-state index < -0.39 is 5.97 Å². The second-order valence-electron chi connectivity index (χ2n) is 7.42. The van der Waals surface area contributed by atoms with Crippen LogP contribution in [0.3, 0.4) is 0 Å². The number of carbonyl (C=O) groups is 3. The van der Waals surface area contributed by atoms with Gasteiger partial charge in [-0.25, -0.2) is 4.79 Å². The van der Waals surface area contributed by atoms with Crippen molar-refractivity contribution in [1.29, 1.82) is 0 Å². The zero-order valence-electron chi connectivity index (χ0n) is 18.5. The van der Waals surface area contributed by atoms with Gasteiger partial charge in [-0.1, -0.05) is 41.9 Å². The minimum absolute atomic E-state index is 0.138. The number of rotatable bonds is 7. The molecule has 3 aromatic carbocycles. The van der Waals surface area contributed by atoms with E-state index in [1.807, 2.05) is 19.1 Å². The van der Waals surface area contributed by atoms with Crippen molar-refractivity contribution in [2.24, 2.45) is 0 Å². The summed E-state index contributed by atoms with van der Waals surface area (Å²) < 4.78 is 12.0. The number of imide groups is 1. The van der Waals surface area contributed by atoms with Gasteiger partial charge in [0.2, 0.25) is 0 Å². The molecule has 0 saturated carbocycles. The highest BCUT2D eigenvalue weighted by atomic mass is 127. The third-order valence-corrected chi connectivity index (χ3v) is 6.88. The van der Waals surface area contributed by atoms with Gasteiger partial charge in [0.05, 0.1) is 27.2 Å². The summed E-state index contributed by atoms with van der Waals surface area (Å²) in [7, 11) is 0. The van der Waals surface area contributed by atoms with Crippen LogP contribution in [0.1, 0.15) is 28.4 Å². The smallest absolute Gasteiger partial charge is 0.343 e. The quantitative estimate of drug-likeness (QED) is 0.125. The number of thioether (sulfide) groups is 1. The van der Waals surface area contributed by atoms with Crippen LogP contribution in [0.2, 0.25) is 5.02 Å². The standard InChI is InChI=1S/C26H19ClINO5S/c1-2-33-21-13-17(12-20(28)23(21)34-25(31)18-8-4-3-5-9-18)14-22-24(30)29(26(32)35-22)15-16-7-6-10-19(27)11-16/h3-14H,2,15H2,1H3/b22-14-. The molecule has 6 nitrogen and oxygen atoms in total. The first-order valence-electron chi connectivity index (χ1n) is 10.6. The third kappa shape index (κ3) is 6.06. The van der Waals surface area contributed by atoms with E-state index in [4.69, 9.17) is 21.1 Å². The van der Waals surface area contributed by atoms with Gasteiger partial charge in [-0.3, -0.25) is 14.5 Å². The predicted octanol–water partition coefficient (Wildman–Crippen LogP) is 6.80. The van der Waals surface area contributed by atoms with Crippen LogP contribution in [0.15, 0.2) is 71.6 Å². The van der Waals surface area contributed by atoms with Crippen LogP contribution in [0, 0.1) is 3.57 Å². The molecule has 0 atom stereocenters. The maximum absolute atomic E-state index is 13.0. The summed E-state index contributed by atoms with van der Waals surface area (Å²) in [4.78, 5) is 39.5. The molecule has 9 heteroatoms. The molecule has 1 fully saturated rings. The molecule has 0 aliphatic carbocycles. The summed E-state index contributed by atoms with van der Waals surface area (Å²) in [5.41, 5.74) is 1.83. The molecule has 4 rings (SSSR count).